The fourth-order valence-corrected chi connectivity index (χ4v) is 4.24. The van der Waals surface area contributed by atoms with Crippen molar-refractivity contribution >= 4 is 11.9 Å². The van der Waals surface area contributed by atoms with E-state index >= 15 is 0 Å². The third-order valence-corrected chi connectivity index (χ3v) is 5.63. The van der Waals surface area contributed by atoms with Crippen LogP contribution >= 0.6 is 0 Å². The predicted molar refractivity (Wildman–Crippen MR) is 109 cm³/mol. The maximum atomic E-state index is 12.4. The first kappa shape index (κ1) is 20.7. The normalized spacial score (nSPS) is 24.4. The summed E-state index contributed by atoms with van der Waals surface area (Å²) >= 11 is 0. The predicted octanol–water partition coefficient (Wildman–Crippen LogP) is 2.45. The first-order valence-electron chi connectivity index (χ1n) is 10.3. The van der Waals surface area contributed by atoms with Crippen molar-refractivity contribution in [2.45, 2.75) is 39.7 Å². The van der Waals surface area contributed by atoms with E-state index in [1.807, 2.05) is 11.9 Å². The SMILES string of the molecule is CN=C(NCC1CCCOC1C(C)(C)C)N1CCN(C(=O)c2ccco2)CC1. The lowest BCUT2D eigenvalue weighted by Crippen LogP contribution is -2.55. The average molecular weight is 391 g/mol. The molecule has 0 aliphatic carbocycles. The van der Waals surface area contributed by atoms with Gasteiger partial charge in [-0.25, -0.2) is 0 Å². The highest BCUT2D eigenvalue weighted by Gasteiger charge is 2.35. The van der Waals surface area contributed by atoms with E-state index in [0.29, 0.717) is 24.8 Å². The van der Waals surface area contributed by atoms with Crippen LogP contribution in [0.2, 0.25) is 0 Å². The number of carbonyl (C=O) groups is 1. The summed E-state index contributed by atoms with van der Waals surface area (Å²) in [4.78, 5) is 21.0. The van der Waals surface area contributed by atoms with Gasteiger partial charge in [0.15, 0.2) is 11.7 Å². The molecule has 0 spiro atoms. The zero-order valence-electron chi connectivity index (χ0n) is 17.6. The molecule has 2 saturated heterocycles. The van der Waals surface area contributed by atoms with Crippen LogP contribution in [0.1, 0.15) is 44.2 Å². The number of piperazine rings is 1. The first-order chi connectivity index (χ1) is 13.4. The van der Waals surface area contributed by atoms with Crippen molar-refractivity contribution in [3.63, 3.8) is 0 Å². The molecular weight excluding hydrogens is 356 g/mol. The van der Waals surface area contributed by atoms with Gasteiger partial charge in [0.1, 0.15) is 0 Å². The average Bonchev–Trinajstić information content (AvgIpc) is 3.23. The second kappa shape index (κ2) is 8.99. The highest BCUT2D eigenvalue weighted by atomic mass is 16.5. The number of nitrogens with zero attached hydrogens (tertiary/aromatic N) is 3. The molecule has 1 aromatic heterocycles. The Morgan fingerprint density at radius 3 is 2.57 bits per heavy atom. The minimum atomic E-state index is -0.0417. The van der Waals surface area contributed by atoms with E-state index in [9.17, 15) is 4.79 Å². The van der Waals surface area contributed by atoms with Gasteiger partial charge >= 0.3 is 0 Å². The van der Waals surface area contributed by atoms with Crippen LogP contribution in [-0.2, 0) is 4.74 Å². The highest BCUT2D eigenvalue weighted by Crippen LogP contribution is 2.33. The van der Waals surface area contributed by atoms with Gasteiger partial charge in [0.05, 0.1) is 12.4 Å². The zero-order valence-corrected chi connectivity index (χ0v) is 17.6. The van der Waals surface area contributed by atoms with E-state index in [4.69, 9.17) is 9.15 Å². The Hall–Kier alpha value is -2.02. The van der Waals surface area contributed by atoms with E-state index in [-0.39, 0.29) is 17.4 Å². The quantitative estimate of drug-likeness (QED) is 0.634. The summed E-state index contributed by atoms with van der Waals surface area (Å²) < 4.78 is 11.3. The lowest BCUT2D eigenvalue weighted by molar-refractivity contribution is -0.0836. The molecule has 2 aliphatic heterocycles. The number of ether oxygens (including phenoxy) is 1. The maximum Gasteiger partial charge on any atom is 0.289 e. The molecule has 2 atom stereocenters. The monoisotopic (exact) mass is 390 g/mol. The minimum absolute atomic E-state index is 0.0417. The van der Waals surface area contributed by atoms with Gasteiger partial charge in [0.25, 0.3) is 5.91 Å². The number of rotatable bonds is 3. The third-order valence-electron chi connectivity index (χ3n) is 5.63. The Balaban J connectivity index is 1.51. The van der Waals surface area contributed by atoms with Crippen LogP contribution in [0.3, 0.4) is 0 Å². The molecule has 3 rings (SSSR count). The van der Waals surface area contributed by atoms with Crippen molar-refractivity contribution in [2.75, 3.05) is 46.4 Å². The van der Waals surface area contributed by atoms with E-state index in [2.05, 4.69) is 36.0 Å². The summed E-state index contributed by atoms with van der Waals surface area (Å²) in [6, 6.07) is 3.46. The molecule has 2 unspecified atom stereocenters. The molecule has 2 fully saturated rings. The number of guanidine groups is 1. The van der Waals surface area contributed by atoms with Crippen molar-refractivity contribution in [1.82, 2.24) is 15.1 Å². The molecule has 7 nitrogen and oxygen atoms in total. The van der Waals surface area contributed by atoms with Gasteiger partial charge in [-0.1, -0.05) is 20.8 Å². The first-order valence-corrected chi connectivity index (χ1v) is 10.3. The van der Waals surface area contributed by atoms with E-state index < -0.39 is 0 Å². The van der Waals surface area contributed by atoms with Gasteiger partial charge in [-0.3, -0.25) is 9.79 Å². The number of hydrogen-bond donors (Lipinski definition) is 1. The molecule has 0 radical (unpaired) electrons. The van der Waals surface area contributed by atoms with Gasteiger partial charge in [-0.2, -0.15) is 0 Å². The summed E-state index contributed by atoms with van der Waals surface area (Å²) in [5.74, 6) is 1.75. The molecule has 1 N–H and O–H groups in total. The zero-order chi connectivity index (χ0) is 20.1. The number of nitrogens with one attached hydrogen (secondary N) is 1. The number of carbonyl (C=O) groups excluding carboxylic acids is 1. The third kappa shape index (κ3) is 4.87. The fourth-order valence-electron chi connectivity index (χ4n) is 4.24. The van der Waals surface area contributed by atoms with Gasteiger partial charge in [-0.15, -0.1) is 0 Å². The second-order valence-corrected chi connectivity index (χ2v) is 8.74. The van der Waals surface area contributed by atoms with Crippen molar-refractivity contribution in [3.8, 4) is 0 Å². The van der Waals surface area contributed by atoms with E-state index in [1.54, 1.807) is 12.1 Å². The number of aliphatic imine (C=N–C) groups is 1. The Labute approximate surface area is 168 Å². The Morgan fingerprint density at radius 1 is 1.25 bits per heavy atom. The molecule has 7 heteroatoms. The van der Waals surface area contributed by atoms with Gasteiger partial charge in [0.2, 0.25) is 0 Å². The molecule has 156 valence electrons. The van der Waals surface area contributed by atoms with Crippen LogP contribution in [0.5, 0.6) is 0 Å². The van der Waals surface area contributed by atoms with E-state index in [1.165, 1.54) is 12.7 Å². The Kier molecular flexibility index (Phi) is 6.65. The Morgan fingerprint density at radius 2 is 1.96 bits per heavy atom. The Bertz CT molecular complexity index is 658. The van der Waals surface area contributed by atoms with Crippen LogP contribution in [0, 0.1) is 11.3 Å². The molecule has 28 heavy (non-hydrogen) atoms. The second-order valence-electron chi connectivity index (χ2n) is 8.74. The van der Waals surface area contributed by atoms with Crippen LogP contribution < -0.4 is 5.32 Å². The summed E-state index contributed by atoms with van der Waals surface area (Å²) in [7, 11) is 1.82. The van der Waals surface area contributed by atoms with Gasteiger partial charge in [0, 0.05) is 52.3 Å². The topological polar surface area (TPSA) is 70.3 Å². The van der Waals surface area contributed by atoms with Crippen molar-refractivity contribution in [2.24, 2.45) is 16.3 Å². The van der Waals surface area contributed by atoms with E-state index in [0.717, 1.165) is 38.6 Å². The smallest absolute Gasteiger partial charge is 0.289 e. The highest BCUT2D eigenvalue weighted by molar-refractivity contribution is 5.91. The molecule has 3 heterocycles. The van der Waals surface area contributed by atoms with Gasteiger partial charge in [-0.05, 0) is 30.4 Å². The van der Waals surface area contributed by atoms with Crippen molar-refractivity contribution in [3.05, 3.63) is 24.2 Å². The molecule has 2 aliphatic rings. The largest absolute Gasteiger partial charge is 0.459 e. The molecule has 0 bridgehead atoms. The summed E-state index contributed by atoms with van der Waals surface area (Å²) in [5, 5.41) is 3.56. The molecular formula is C21H34N4O3. The standard InChI is InChI=1S/C21H34N4O3/c1-21(2,3)18-16(7-5-14-28-18)15-23-20(22-4)25-11-9-24(10-12-25)19(26)17-8-6-13-27-17/h6,8,13,16,18H,5,7,9-12,14-15H2,1-4H3,(H,22,23). The number of amides is 1. The lowest BCUT2D eigenvalue weighted by Gasteiger charge is -2.41. The lowest BCUT2D eigenvalue weighted by atomic mass is 9.78. The van der Waals surface area contributed by atoms with Crippen molar-refractivity contribution < 1.29 is 13.9 Å². The van der Waals surface area contributed by atoms with Crippen LogP contribution in [0.15, 0.2) is 27.8 Å². The number of furan rings is 1. The van der Waals surface area contributed by atoms with Crippen molar-refractivity contribution in [1.29, 1.82) is 0 Å². The number of hydrogen-bond acceptors (Lipinski definition) is 4. The maximum absolute atomic E-state index is 12.4. The van der Waals surface area contributed by atoms with Crippen LogP contribution in [0.25, 0.3) is 0 Å². The minimum Gasteiger partial charge on any atom is -0.459 e. The van der Waals surface area contributed by atoms with Crippen LogP contribution in [-0.4, -0.2) is 74.1 Å². The summed E-state index contributed by atoms with van der Waals surface area (Å²) in [5.41, 5.74) is 0.133. The molecule has 1 aromatic rings. The summed E-state index contributed by atoms with van der Waals surface area (Å²) in [6.07, 6.45) is 4.09. The molecule has 0 aromatic carbocycles. The molecule has 0 saturated carbocycles. The molecule has 1 amide bonds. The van der Waals surface area contributed by atoms with Crippen LogP contribution in [0.4, 0.5) is 0 Å². The fraction of sp³-hybridized carbons (Fsp3) is 0.714. The van der Waals surface area contributed by atoms with Gasteiger partial charge < -0.3 is 24.3 Å². The summed E-state index contributed by atoms with van der Waals surface area (Å²) in [6.45, 7) is 11.3.